The summed E-state index contributed by atoms with van der Waals surface area (Å²) < 4.78 is 0. The number of hydrogen-bond acceptors (Lipinski definition) is 0. The highest BCUT2D eigenvalue weighted by Crippen LogP contribution is 2.29. The van der Waals surface area contributed by atoms with Crippen molar-refractivity contribution in [1.82, 2.24) is 0 Å². The molecule has 0 atom stereocenters. The van der Waals surface area contributed by atoms with E-state index in [4.69, 9.17) is 46.4 Å². The first-order valence-electron chi connectivity index (χ1n) is 2.21. The minimum absolute atomic E-state index is 0.128. The fourth-order valence-corrected chi connectivity index (χ4v) is 0.752. The van der Waals surface area contributed by atoms with Crippen LogP contribution in [0.3, 0.4) is 0 Å². The third-order valence-electron chi connectivity index (χ3n) is 0.669. The number of halogens is 4. The second kappa shape index (κ2) is 4.30. The largest absolute Gasteiger partial charge is 0.0833 e. The molecule has 0 aliphatic carbocycles. The highest BCUT2D eigenvalue weighted by atomic mass is 35.5. The topological polar surface area (TPSA) is 0 Å². The molecule has 0 N–H and O–H groups in total. The molecule has 0 aromatic rings. The molecule has 0 rings (SSSR count). The summed E-state index contributed by atoms with van der Waals surface area (Å²) in [4.78, 5) is 0. The van der Waals surface area contributed by atoms with Crippen molar-refractivity contribution < 1.29 is 0 Å². The van der Waals surface area contributed by atoms with E-state index in [9.17, 15) is 0 Å². The molecule has 0 aliphatic heterocycles. The lowest BCUT2D eigenvalue weighted by Crippen LogP contribution is -1.76. The smallest absolute Gasteiger partial charge is 0.0787 e. The molecule has 0 amide bonds. The van der Waals surface area contributed by atoms with Crippen molar-refractivity contribution in [3.05, 3.63) is 33.3 Å². The summed E-state index contributed by atoms with van der Waals surface area (Å²) in [6, 6.07) is 0. The van der Waals surface area contributed by atoms with E-state index >= 15 is 0 Å². The van der Waals surface area contributed by atoms with Crippen molar-refractivity contribution >= 4 is 46.4 Å². The molecule has 0 fully saturated rings. The maximum Gasteiger partial charge on any atom is 0.0787 e. The van der Waals surface area contributed by atoms with Crippen molar-refractivity contribution in [1.29, 1.82) is 0 Å². The normalized spacial score (nSPS) is 12.4. The monoisotopic (exact) mass is 216 g/mol. The molecule has 0 saturated heterocycles. The van der Waals surface area contributed by atoms with Crippen LogP contribution in [0.4, 0.5) is 0 Å². The molecular weight excluding hydrogens is 214 g/mol. The Labute approximate surface area is 79.7 Å². The third kappa shape index (κ3) is 2.98. The summed E-state index contributed by atoms with van der Waals surface area (Å²) in [5.41, 5.74) is 0. The van der Waals surface area contributed by atoms with E-state index in [1.807, 2.05) is 0 Å². The second-order valence-electron chi connectivity index (χ2n) is 1.44. The van der Waals surface area contributed by atoms with Gasteiger partial charge >= 0.3 is 0 Å². The Bertz CT molecular complexity index is 180. The molecule has 56 valence electrons. The van der Waals surface area contributed by atoms with Gasteiger partial charge in [-0.15, -0.1) is 0 Å². The lowest BCUT2D eigenvalue weighted by Gasteiger charge is -1.97. The first kappa shape index (κ1) is 10.4. The summed E-state index contributed by atoms with van der Waals surface area (Å²) >= 11 is 21.9. The van der Waals surface area contributed by atoms with Crippen LogP contribution in [0.5, 0.6) is 0 Å². The van der Waals surface area contributed by atoms with Crippen molar-refractivity contribution in [3.8, 4) is 0 Å². The van der Waals surface area contributed by atoms with Crippen molar-refractivity contribution in [3.63, 3.8) is 0 Å². The Morgan fingerprint density at radius 2 is 0.900 bits per heavy atom. The van der Waals surface area contributed by atoms with Gasteiger partial charge in [-0.2, -0.15) is 0 Å². The van der Waals surface area contributed by atoms with E-state index < -0.39 is 0 Å². The molecule has 0 heterocycles. The minimum Gasteiger partial charge on any atom is -0.0833 e. The standard InChI is InChI=1S/C6H4Cl4/c1-3(7)5(9)6(10)4(2)8/h1-2H2/b6-5+. The molecule has 10 heavy (non-hydrogen) atoms. The lowest BCUT2D eigenvalue weighted by atomic mass is 10.4. The van der Waals surface area contributed by atoms with Crippen molar-refractivity contribution in [2.24, 2.45) is 0 Å². The van der Waals surface area contributed by atoms with E-state index in [0.29, 0.717) is 0 Å². The van der Waals surface area contributed by atoms with E-state index in [2.05, 4.69) is 13.2 Å². The Morgan fingerprint density at radius 3 is 1.00 bits per heavy atom. The lowest BCUT2D eigenvalue weighted by molar-refractivity contribution is 1.75. The van der Waals surface area contributed by atoms with Gasteiger partial charge in [0.25, 0.3) is 0 Å². The van der Waals surface area contributed by atoms with Crippen LogP contribution < -0.4 is 0 Å². The molecule has 0 spiro atoms. The van der Waals surface area contributed by atoms with Gasteiger partial charge < -0.3 is 0 Å². The van der Waals surface area contributed by atoms with Crippen molar-refractivity contribution in [2.45, 2.75) is 0 Å². The van der Waals surface area contributed by atoms with Crippen molar-refractivity contribution in [2.75, 3.05) is 0 Å². The Morgan fingerprint density at radius 1 is 0.700 bits per heavy atom. The molecule has 0 bridgehead atoms. The first-order valence-corrected chi connectivity index (χ1v) is 3.72. The van der Waals surface area contributed by atoms with Gasteiger partial charge in [0.1, 0.15) is 0 Å². The Kier molecular flexibility index (Phi) is 4.46. The average molecular weight is 218 g/mol. The first-order chi connectivity index (χ1) is 4.46. The van der Waals surface area contributed by atoms with Gasteiger partial charge in [0.15, 0.2) is 0 Å². The zero-order valence-electron chi connectivity index (χ0n) is 4.93. The zero-order chi connectivity index (χ0) is 8.31. The maximum atomic E-state index is 5.53. The molecule has 4 heteroatoms. The molecule has 0 saturated carbocycles. The van der Waals surface area contributed by atoms with E-state index in [-0.39, 0.29) is 20.1 Å². The fraction of sp³-hybridized carbons (Fsp3) is 0. The molecule has 0 nitrogen and oxygen atoms in total. The van der Waals surface area contributed by atoms with Crippen LogP contribution in [0.25, 0.3) is 0 Å². The SMILES string of the molecule is C=C(Cl)/C(Cl)=C(\Cl)C(=C)Cl. The minimum atomic E-state index is 0.128. The Balaban J connectivity index is 4.67. The number of allylic oxidation sites excluding steroid dienone is 4. The molecule has 0 aromatic heterocycles. The fourth-order valence-electron chi connectivity index (χ4n) is 0.238. The van der Waals surface area contributed by atoms with E-state index in [1.54, 1.807) is 0 Å². The summed E-state index contributed by atoms with van der Waals surface area (Å²) in [7, 11) is 0. The average Bonchev–Trinajstić information content (AvgIpc) is 1.84. The van der Waals surface area contributed by atoms with Crippen LogP contribution in [0.2, 0.25) is 0 Å². The quantitative estimate of drug-likeness (QED) is 0.609. The summed E-state index contributed by atoms with van der Waals surface area (Å²) in [5.74, 6) is 0. The van der Waals surface area contributed by atoms with Gasteiger partial charge in [0.05, 0.1) is 20.1 Å². The molecule has 0 radical (unpaired) electrons. The molecule has 0 unspecified atom stereocenters. The van der Waals surface area contributed by atoms with Gasteiger partial charge in [-0.25, -0.2) is 0 Å². The maximum absolute atomic E-state index is 5.53. The zero-order valence-corrected chi connectivity index (χ0v) is 7.95. The predicted molar refractivity (Wildman–Crippen MR) is 48.7 cm³/mol. The molecular formula is C6H4Cl4. The van der Waals surface area contributed by atoms with Gasteiger partial charge in [-0.3, -0.25) is 0 Å². The summed E-state index contributed by atoms with van der Waals surface area (Å²) in [6.45, 7) is 6.70. The van der Waals surface area contributed by atoms with Crippen LogP contribution in [0, 0.1) is 0 Å². The Hall–Kier alpha value is 0.380. The second-order valence-corrected chi connectivity index (χ2v) is 3.11. The van der Waals surface area contributed by atoms with Crippen LogP contribution in [0.1, 0.15) is 0 Å². The number of hydrogen-bond donors (Lipinski definition) is 0. The number of rotatable bonds is 2. The highest BCUT2D eigenvalue weighted by Gasteiger charge is 2.04. The molecule has 0 aromatic carbocycles. The van der Waals surface area contributed by atoms with Gasteiger partial charge in [-0.1, -0.05) is 59.6 Å². The third-order valence-corrected chi connectivity index (χ3v) is 2.17. The molecule has 0 aliphatic rings. The van der Waals surface area contributed by atoms with E-state index in [1.165, 1.54) is 0 Å². The summed E-state index contributed by atoms with van der Waals surface area (Å²) in [6.07, 6.45) is 0. The van der Waals surface area contributed by atoms with Gasteiger partial charge in [-0.05, 0) is 0 Å². The van der Waals surface area contributed by atoms with Crippen LogP contribution in [0.15, 0.2) is 33.3 Å². The van der Waals surface area contributed by atoms with Gasteiger partial charge in [0.2, 0.25) is 0 Å². The predicted octanol–water partition coefficient (Wildman–Crippen LogP) is 4.18. The van der Waals surface area contributed by atoms with Gasteiger partial charge in [0, 0.05) is 0 Å². The highest BCUT2D eigenvalue weighted by molar-refractivity contribution is 6.52. The van der Waals surface area contributed by atoms with E-state index in [0.717, 1.165) is 0 Å². The van der Waals surface area contributed by atoms with Crippen LogP contribution >= 0.6 is 46.4 Å². The summed E-state index contributed by atoms with van der Waals surface area (Å²) in [5, 5.41) is 0.550. The van der Waals surface area contributed by atoms with Crippen LogP contribution in [-0.2, 0) is 0 Å². The van der Waals surface area contributed by atoms with Crippen LogP contribution in [-0.4, -0.2) is 0 Å².